The zero-order valence-electron chi connectivity index (χ0n) is 12.8. The molecule has 0 saturated heterocycles. The normalized spacial score (nSPS) is 12.4. The number of alkyl halides is 3. The fourth-order valence-electron chi connectivity index (χ4n) is 1.58. The molecule has 0 unspecified atom stereocenters. The van der Waals surface area contributed by atoms with Gasteiger partial charge in [0.15, 0.2) is 5.11 Å². The van der Waals surface area contributed by atoms with Crippen LogP contribution in [-0.2, 0) is 4.79 Å². The van der Waals surface area contributed by atoms with Crippen LogP contribution in [0.15, 0.2) is 24.3 Å². The highest BCUT2D eigenvalue weighted by Gasteiger charge is 2.35. The van der Waals surface area contributed by atoms with Crippen LogP contribution in [0.1, 0.15) is 24.2 Å². The van der Waals surface area contributed by atoms with E-state index in [1.165, 1.54) is 12.1 Å². The number of carbonyl (C=O) groups excluding carboxylic acids is 1. The summed E-state index contributed by atoms with van der Waals surface area (Å²) in [5, 5.41) is 17.0. The van der Waals surface area contributed by atoms with Crippen LogP contribution in [0.3, 0.4) is 0 Å². The van der Waals surface area contributed by atoms with Crippen molar-refractivity contribution in [2.75, 3.05) is 5.32 Å². The van der Waals surface area contributed by atoms with Crippen molar-refractivity contribution in [3.8, 4) is 0 Å². The number of carboxylic acids is 1. The Morgan fingerprint density at radius 3 is 2.25 bits per heavy atom. The first kappa shape index (κ1) is 20.8. The highest BCUT2D eigenvalue weighted by molar-refractivity contribution is 7.80. The van der Waals surface area contributed by atoms with Gasteiger partial charge in [-0.3, -0.25) is 4.79 Å². The Labute approximate surface area is 159 Å². The van der Waals surface area contributed by atoms with Gasteiger partial charge in [0.2, 0.25) is 9.70 Å². The molecule has 1 aromatic carbocycles. The summed E-state index contributed by atoms with van der Waals surface area (Å²) in [6.07, 6.45) is -1.10. The van der Waals surface area contributed by atoms with Gasteiger partial charge < -0.3 is 21.1 Å². The van der Waals surface area contributed by atoms with Crippen LogP contribution in [0.5, 0.6) is 0 Å². The average Bonchev–Trinajstić information content (AvgIpc) is 2.45. The topological polar surface area (TPSA) is 90.5 Å². The second-order valence-corrected chi connectivity index (χ2v) is 7.86. The van der Waals surface area contributed by atoms with Crippen molar-refractivity contribution in [3.63, 3.8) is 0 Å². The summed E-state index contributed by atoms with van der Waals surface area (Å²) in [6.45, 7) is 3.37. The summed E-state index contributed by atoms with van der Waals surface area (Å²) in [6, 6.07) is 6.18. The van der Waals surface area contributed by atoms with Gasteiger partial charge in [-0.1, -0.05) is 60.8 Å². The van der Waals surface area contributed by atoms with E-state index in [0.717, 1.165) is 0 Å². The molecule has 1 amide bonds. The van der Waals surface area contributed by atoms with Crippen molar-refractivity contribution < 1.29 is 14.7 Å². The van der Waals surface area contributed by atoms with Gasteiger partial charge in [-0.25, -0.2) is 4.79 Å². The van der Waals surface area contributed by atoms with Crippen LogP contribution >= 0.6 is 47.0 Å². The molecule has 0 fully saturated rings. The van der Waals surface area contributed by atoms with Crippen LogP contribution in [0.4, 0.5) is 5.69 Å². The standard InChI is InChI=1S/C14H16Cl3N3O3S/c1-7(2)10(21)19-12(14(15,16)17)20-13(24)18-9-6-4-3-5-8(9)11(22)23/h3-7,12H,1-2H3,(H,19,21)(H,22,23)(H2,18,20,24)/t12-/m1/s1. The van der Waals surface area contributed by atoms with Gasteiger partial charge >= 0.3 is 5.97 Å². The lowest BCUT2D eigenvalue weighted by atomic mass is 10.2. The minimum Gasteiger partial charge on any atom is -0.478 e. The third kappa shape index (κ3) is 6.32. The molecule has 0 aliphatic carbocycles. The summed E-state index contributed by atoms with van der Waals surface area (Å²) in [4.78, 5) is 23.0. The molecule has 0 spiro atoms. The van der Waals surface area contributed by atoms with Crippen molar-refractivity contribution in [3.05, 3.63) is 29.8 Å². The first-order valence-corrected chi connectivity index (χ1v) is 8.33. The zero-order valence-corrected chi connectivity index (χ0v) is 15.9. The highest BCUT2D eigenvalue weighted by atomic mass is 35.6. The van der Waals surface area contributed by atoms with Crippen LogP contribution in [0.2, 0.25) is 0 Å². The number of anilines is 1. The Kier molecular flexibility index (Phi) is 7.54. The molecule has 1 rings (SSSR count). The SMILES string of the molecule is CC(C)C(=O)N[C@H](NC(=S)Nc1ccccc1C(=O)O)C(Cl)(Cl)Cl. The highest BCUT2D eigenvalue weighted by Crippen LogP contribution is 2.29. The molecule has 10 heteroatoms. The lowest BCUT2D eigenvalue weighted by molar-refractivity contribution is -0.124. The number of carboxylic acid groups (broad SMARTS) is 1. The van der Waals surface area contributed by atoms with E-state index in [2.05, 4.69) is 16.0 Å². The molecule has 0 saturated carbocycles. The first-order chi connectivity index (χ1) is 11.0. The van der Waals surface area contributed by atoms with Crippen molar-refractivity contribution in [2.45, 2.75) is 23.8 Å². The number of nitrogens with one attached hydrogen (secondary N) is 3. The Balaban J connectivity index is 2.86. The average molecular weight is 413 g/mol. The maximum atomic E-state index is 11.8. The van der Waals surface area contributed by atoms with Crippen LogP contribution < -0.4 is 16.0 Å². The number of aromatic carboxylic acids is 1. The molecule has 132 valence electrons. The number of thiocarbonyl (C=S) groups is 1. The smallest absolute Gasteiger partial charge is 0.337 e. The third-order valence-electron chi connectivity index (χ3n) is 2.82. The number of benzene rings is 1. The van der Waals surface area contributed by atoms with Crippen molar-refractivity contribution in [1.82, 2.24) is 10.6 Å². The van der Waals surface area contributed by atoms with Crippen molar-refractivity contribution in [1.29, 1.82) is 0 Å². The monoisotopic (exact) mass is 411 g/mol. The van der Waals surface area contributed by atoms with E-state index in [1.807, 2.05) is 0 Å². The lowest BCUT2D eigenvalue weighted by Gasteiger charge is -2.28. The Bertz CT molecular complexity index is 635. The summed E-state index contributed by atoms with van der Waals surface area (Å²) in [7, 11) is 0. The van der Waals surface area contributed by atoms with Crippen LogP contribution in [-0.4, -0.2) is 32.1 Å². The summed E-state index contributed by atoms with van der Waals surface area (Å²) in [5.41, 5.74) is 0.291. The van der Waals surface area contributed by atoms with Crippen molar-refractivity contribution >= 4 is 69.7 Å². The maximum Gasteiger partial charge on any atom is 0.337 e. The predicted octanol–water partition coefficient (Wildman–Crippen LogP) is 3.14. The Morgan fingerprint density at radius 2 is 1.75 bits per heavy atom. The Hall–Kier alpha value is -1.28. The molecule has 6 nitrogen and oxygen atoms in total. The minimum absolute atomic E-state index is 0.0101. The van der Waals surface area contributed by atoms with Gasteiger partial charge in [0, 0.05) is 5.92 Å². The number of carbonyl (C=O) groups is 2. The number of halogens is 3. The van der Waals surface area contributed by atoms with E-state index < -0.39 is 15.9 Å². The van der Waals surface area contributed by atoms with E-state index in [4.69, 9.17) is 52.1 Å². The van der Waals surface area contributed by atoms with Crippen LogP contribution in [0.25, 0.3) is 0 Å². The van der Waals surface area contributed by atoms with Gasteiger partial charge in [-0.05, 0) is 24.4 Å². The fourth-order valence-corrected chi connectivity index (χ4v) is 2.13. The quantitative estimate of drug-likeness (QED) is 0.337. The molecule has 0 aliphatic rings. The molecular weight excluding hydrogens is 397 g/mol. The summed E-state index contributed by atoms with van der Waals surface area (Å²) >= 11 is 22.7. The van der Waals surface area contributed by atoms with Gasteiger partial charge in [0.1, 0.15) is 6.17 Å². The molecule has 0 heterocycles. The zero-order chi connectivity index (χ0) is 18.5. The number of hydrogen-bond donors (Lipinski definition) is 4. The van der Waals surface area contributed by atoms with E-state index in [9.17, 15) is 9.59 Å². The largest absolute Gasteiger partial charge is 0.478 e. The number of hydrogen-bond acceptors (Lipinski definition) is 3. The van der Waals surface area contributed by atoms with Crippen LogP contribution in [0, 0.1) is 5.92 Å². The van der Waals surface area contributed by atoms with Gasteiger partial charge in [-0.2, -0.15) is 0 Å². The number of para-hydroxylation sites is 1. The molecule has 0 bridgehead atoms. The Morgan fingerprint density at radius 1 is 1.17 bits per heavy atom. The molecule has 4 N–H and O–H groups in total. The lowest BCUT2D eigenvalue weighted by Crippen LogP contribution is -2.56. The van der Waals surface area contributed by atoms with Gasteiger partial charge in [-0.15, -0.1) is 0 Å². The second-order valence-electron chi connectivity index (χ2n) is 5.09. The van der Waals surface area contributed by atoms with E-state index >= 15 is 0 Å². The summed E-state index contributed by atoms with van der Waals surface area (Å²) in [5.74, 6) is -1.78. The fraction of sp³-hybridized carbons (Fsp3) is 0.357. The van der Waals surface area contributed by atoms with E-state index in [0.29, 0.717) is 0 Å². The van der Waals surface area contributed by atoms with E-state index in [1.54, 1.807) is 26.0 Å². The van der Waals surface area contributed by atoms with Gasteiger partial charge in [0.25, 0.3) is 0 Å². The predicted molar refractivity (Wildman–Crippen MR) is 99.8 cm³/mol. The molecule has 1 aromatic rings. The third-order valence-corrected chi connectivity index (χ3v) is 3.69. The maximum absolute atomic E-state index is 11.8. The molecule has 0 aromatic heterocycles. The molecule has 1 atom stereocenters. The van der Waals surface area contributed by atoms with E-state index in [-0.39, 0.29) is 28.2 Å². The molecule has 0 radical (unpaired) electrons. The molecule has 0 aliphatic heterocycles. The van der Waals surface area contributed by atoms with Crippen molar-refractivity contribution in [2.24, 2.45) is 5.92 Å². The van der Waals surface area contributed by atoms with Gasteiger partial charge in [0.05, 0.1) is 11.3 Å². The number of amides is 1. The first-order valence-electron chi connectivity index (χ1n) is 6.79. The molecular formula is C14H16Cl3N3O3S. The second kappa shape index (κ2) is 8.71. The minimum atomic E-state index is -1.87. The molecule has 24 heavy (non-hydrogen) atoms. The number of rotatable bonds is 5. The summed E-state index contributed by atoms with van der Waals surface area (Å²) < 4.78 is -1.87.